The minimum Gasteiger partial charge on any atom is -0.396 e. The van der Waals surface area contributed by atoms with Crippen molar-refractivity contribution in [2.45, 2.75) is 59.5 Å². The first-order valence-electron chi connectivity index (χ1n) is 9.15. The summed E-state index contributed by atoms with van der Waals surface area (Å²) >= 11 is 0. The van der Waals surface area contributed by atoms with E-state index in [1.807, 2.05) is 0 Å². The molecule has 134 valence electrons. The molecule has 0 amide bonds. The van der Waals surface area contributed by atoms with Crippen molar-refractivity contribution in [3.8, 4) is 0 Å². The van der Waals surface area contributed by atoms with Crippen LogP contribution < -0.4 is 10.6 Å². The zero-order valence-electron chi connectivity index (χ0n) is 15.3. The number of nitrogens with one attached hydrogen (secondary N) is 2. The van der Waals surface area contributed by atoms with Crippen molar-refractivity contribution < 1.29 is 9.84 Å². The molecule has 0 aromatic rings. The SMILES string of the molecule is CCNC(=NCC1(CO)CC1)NCC1CCCOC1C(C)(C)C. The number of rotatable bonds is 6. The molecule has 2 fully saturated rings. The molecule has 0 spiro atoms. The highest BCUT2D eigenvalue weighted by atomic mass is 16.5. The van der Waals surface area contributed by atoms with Crippen molar-refractivity contribution in [3.05, 3.63) is 0 Å². The van der Waals surface area contributed by atoms with Crippen LogP contribution in [0.4, 0.5) is 0 Å². The maximum atomic E-state index is 9.43. The van der Waals surface area contributed by atoms with E-state index in [0.29, 0.717) is 18.6 Å². The van der Waals surface area contributed by atoms with E-state index < -0.39 is 0 Å². The second kappa shape index (κ2) is 7.84. The molecule has 23 heavy (non-hydrogen) atoms. The molecule has 2 rings (SSSR count). The van der Waals surface area contributed by atoms with Gasteiger partial charge in [-0.05, 0) is 38.0 Å². The smallest absolute Gasteiger partial charge is 0.191 e. The molecule has 1 saturated carbocycles. The Morgan fingerprint density at radius 3 is 2.61 bits per heavy atom. The lowest BCUT2D eigenvalue weighted by Crippen LogP contribution is -2.47. The Labute approximate surface area is 141 Å². The minimum atomic E-state index is 0.0598. The van der Waals surface area contributed by atoms with E-state index >= 15 is 0 Å². The maximum absolute atomic E-state index is 9.43. The maximum Gasteiger partial charge on any atom is 0.191 e. The summed E-state index contributed by atoms with van der Waals surface area (Å²) in [6.45, 7) is 12.4. The van der Waals surface area contributed by atoms with Crippen molar-refractivity contribution in [2.24, 2.45) is 21.7 Å². The van der Waals surface area contributed by atoms with Gasteiger partial charge in [0.2, 0.25) is 0 Å². The Kier molecular flexibility index (Phi) is 6.32. The Morgan fingerprint density at radius 1 is 1.30 bits per heavy atom. The summed E-state index contributed by atoms with van der Waals surface area (Å²) in [6, 6.07) is 0. The summed E-state index contributed by atoms with van der Waals surface area (Å²) in [5.74, 6) is 1.38. The van der Waals surface area contributed by atoms with Gasteiger partial charge in [-0.15, -0.1) is 0 Å². The Morgan fingerprint density at radius 2 is 2.04 bits per heavy atom. The van der Waals surface area contributed by atoms with Crippen LogP contribution in [-0.2, 0) is 4.74 Å². The van der Waals surface area contributed by atoms with E-state index in [0.717, 1.165) is 44.9 Å². The van der Waals surface area contributed by atoms with Gasteiger partial charge >= 0.3 is 0 Å². The summed E-state index contributed by atoms with van der Waals surface area (Å²) in [5, 5.41) is 16.2. The van der Waals surface area contributed by atoms with Gasteiger partial charge in [0.05, 0.1) is 19.3 Å². The molecule has 2 atom stereocenters. The number of hydrogen-bond acceptors (Lipinski definition) is 3. The molecule has 1 aliphatic carbocycles. The van der Waals surface area contributed by atoms with Gasteiger partial charge in [-0.1, -0.05) is 20.8 Å². The molecule has 1 saturated heterocycles. The molecule has 5 nitrogen and oxygen atoms in total. The van der Waals surface area contributed by atoms with Crippen molar-refractivity contribution in [1.82, 2.24) is 10.6 Å². The minimum absolute atomic E-state index is 0.0598. The van der Waals surface area contributed by atoms with Crippen LogP contribution in [0.25, 0.3) is 0 Å². The van der Waals surface area contributed by atoms with Crippen molar-refractivity contribution >= 4 is 5.96 Å². The zero-order valence-corrected chi connectivity index (χ0v) is 15.3. The van der Waals surface area contributed by atoms with Gasteiger partial charge in [-0.3, -0.25) is 4.99 Å². The fourth-order valence-corrected chi connectivity index (χ4v) is 3.37. The van der Waals surface area contributed by atoms with E-state index in [1.165, 1.54) is 6.42 Å². The third-order valence-electron chi connectivity index (χ3n) is 5.04. The fraction of sp³-hybridized carbons (Fsp3) is 0.944. The molecule has 0 aromatic carbocycles. The number of aliphatic hydroxyl groups is 1. The Hall–Kier alpha value is -0.810. The largest absolute Gasteiger partial charge is 0.396 e. The predicted octanol–water partition coefficient (Wildman–Crippen LogP) is 2.16. The Balaban J connectivity index is 1.90. The number of aliphatic hydroxyl groups excluding tert-OH is 1. The zero-order chi connectivity index (χ0) is 16.9. The molecule has 2 unspecified atom stereocenters. The highest BCUT2D eigenvalue weighted by molar-refractivity contribution is 5.79. The highest BCUT2D eigenvalue weighted by Gasteiger charge is 2.42. The van der Waals surface area contributed by atoms with Crippen LogP contribution in [0.5, 0.6) is 0 Å². The van der Waals surface area contributed by atoms with Crippen LogP contribution in [0, 0.1) is 16.7 Å². The van der Waals surface area contributed by atoms with Crippen molar-refractivity contribution in [2.75, 3.05) is 32.8 Å². The van der Waals surface area contributed by atoms with E-state index in [2.05, 4.69) is 43.3 Å². The molecule has 0 radical (unpaired) electrons. The van der Waals surface area contributed by atoms with E-state index in [1.54, 1.807) is 0 Å². The van der Waals surface area contributed by atoms with Crippen molar-refractivity contribution in [3.63, 3.8) is 0 Å². The number of hydrogen-bond donors (Lipinski definition) is 3. The van der Waals surface area contributed by atoms with Gasteiger partial charge in [0.15, 0.2) is 5.96 Å². The first-order chi connectivity index (χ1) is 10.9. The van der Waals surface area contributed by atoms with E-state index in [4.69, 9.17) is 4.74 Å². The van der Waals surface area contributed by atoms with Crippen LogP contribution in [0.3, 0.4) is 0 Å². The first-order valence-corrected chi connectivity index (χ1v) is 9.15. The van der Waals surface area contributed by atoms with Crippen LogP contribution in [0.15, 0.2) is 4.99 Å². The molecular weight excluding hydrogens is 290 g/mol. The lowest BCUT2D eigenvalue weighted by atomic mass is 9.78. The van der Waals surface area contributed by atoms with Gasteiger partial charge in [0, 0.05) is 31.0 Å². The quantitative estimate of drug-likeness (QED) is 0.517. The second-order valence-electron chi connectivity index (χ2n) is 8.29. The number of ether oxygens (including phenoxy) is 1. The average Bonchev–Trinajstić information content (AvgIpc) is 3.30. The summed E-state index contributed by atoms with van der Waals surface area (Å²) in [7, 11) is 0. The number of aliphatic imine (C=N–C) groups is 1. The third-order valence-corrected chi connectivity index (χ3v) is 5.04. The molecule has 2 aliphatic rings. The topological polar surface area (TPSA) is 65.9 Å². The summed E-state index contributed by atoms with van der Waals surface area (Å²) in [5.41, 5.74) is 0.224. The van der Waals surface area contributed by atoms with Crippen molar-refractivity contribution in [1.29, 1.82) is 0 Å². The normalized spacial score (nSPS) is 27.6. The second-order valence-corrected chi connectivity index (χ2v) is 8.29. The summed E-state index contributed by atoms with van der Waals surface area (Å²) in [6.07, 6.45) is 4.82. The fourth-order valence-electron chi connectivity index (χ4n) is 3.37. The van der Waals surface area contributed by atoms with Crippen LogP contribution >= 0.6 is 0 Å². The summed E-state index contributed by atoms with van der Waals surface area (Å²) in [4.78, 5) is 4.68. The summed E-state index contributed by atoms with van der Waals surface area (Å²) < 4.78 is 6.06. The molecule has 1 heterocycles. The van der Waals surface area contributed by atoms with Gasteiger partial charge in [-0.2, -0.15) is 0 Å². The van der Waals surface area contributed by atoms with Gasteiger partial charge < -0.3 is 20.5 Å². The van der Waals surface area contributed by atoms with E-state index in [9.17, 15) is 5.11 Å². The van der Waals surface area contributed by atoms with E-state index in [-0.39, 0.29) is 17.4 Å². The number of guanidine groups is 1. The first kappa shape index (κ1) is 18.5. The Bertz CT molecular complexity index is 400. The molecule has 1 aliphatic heterocycles. The van der Waals surface area contributed by atoms with Crippen LogP contribution in [0.2, 0.25) is 0 Å². The van der Waals surface area contributed by atoms with Gasteiger partial charge in [0.1, 0.15) is 0 Å². The van der Waals surface area contributed by atoms with Crippen LogP contribution in [0.1, 0.15) is 53.4 Å². The average molecular weight is 325 g/mol. The molecule has 0 aromatic heterocycles. The number of nitrogens with zero attached hydrogens (tertiary/aromatic N) is 1. The predicted molar refractivity (Wildman–Crippen MR) is 94.7 cm³/mol. The molecule has 5 heteroatoms. The highest BCUT2D eigenvalue weighted by Crippen LogP contribution is 2.45. The standard InChI is InChI=1S/C18H35N3O2/c1-5-19-16(21-12-18(13-22)8-9-18)20-11-14-7-6-10-23-15(14)17(2,3)4/h14-15,22H,5-13H2,1-4H3,(H2,19,20,21). The lowest BCUT2D eigenvalue weighted by molar-refractivity contribution is -0.0835. The third kappa shape index (κ3) is 5.35. The molecule has 3 N–H and O–H groups in total. The van der Waals surface area contributed by atoms with Gasteiger partial charge in [0.25, 0.3) is 0 Å². The lowest BCUT2D eigenvalue weighted by Gasteiger charge is -2.40. The monoisotopic (exact) mass is 325 g/mol. The molecule has 0 bridgehead atoms. The van der Waals surface area contributed by atoms with Gasteiger partial charge in [-0.25, -0.2) is 0 Å². The van der Waals surface area contributed by atoms with Crippen LogP contribution in [-0.4, -0.2) is 50.0 Å². The molecular formula is C18H35N3O2.